The molecule has 3 rings (SSSR count). The smallest absolute Gasteiger partial charge is 0.239 e. The summed E-state index contributed by atoms with van der Waals surface area (Å²) in [6, 6.07) is 15.4. The first kappa shape index (κ1) is 16.8. The van der Waals surface area contributed by atoms with Gasteiger partial charge >= 0.3 is 0 Å². The van der Waals surface area contributed by atoms with E-state index in [1.54, 1.807) is 7.05 Å². The van der Waals surface area contributed by atoms with Crippen LogP contribution in [0.2, 0.25) is 0 Å². The van der Waals surface area contributed by atoms with Crippen molar-refractivity contribution in [3.8, 4) is 0 Å². The quantitative estimate of drug-likeness (QED) is 0.833. The summed E-state index contributed by atoms with van der Waals surface area (Å²) in [4.78, 5) is 2.34. The van der Waals surface area contributed by atoms with Crippen LogP contribution >= 0.6 is 0 Å². The summed E-state index contributed by atoms with van der Waals surface area (Å²) in [5.74, 6) is 0.0179. The zero-order valence-electron chi connectivity index (χ0n) is 14.3. The van der Waals surface area contributed by atoms with Crippen LogP contribution in [0.1, 0.15) is 24.0 Å². The first-order chi connectivity index (χ1) is 11.5. The highest BCUT2D eigenvalue weighted by Gasteiger charge is 2.20. The van der Waals surface area contributed by atoms with Crippen molar-refractivity contribution in [1.29, 1.82) is 0 Å². The standard InChI is InChI=1S/C19H24N2O2S/c1-16-7-3-4-8-17(16)15-24(22,23)20(2)18-9-11-19(12-10-18)21-13-5-6-14-21/h3-4,7-12H,5-6,13-15H2,1-2H3. The van der Waals surface area contributed by atoms with Gasteiger partial charge in [-0.3, -0.25) is 4.31 Å². The molecule has 0 spiro atoms. The molecule has 0 unspecified atom stereocenters. The highest BCUT2D eigenvalue weighted by molar-refractivity contribution is 7.92. The summed E-state index contributed by atoms with van der Waals surface area (Å²) in [6.07, 6.45) is 2.46. The zero-order valence-corrected chi connectivity index (χ0v) is 15.1. The molecule has 0 aliphatic carbocycles. The minimum Gasteiger partial charge on any atom is -0.372 e. The van der Waals surface area contributed by atoms with Gasteiger partial charge in [0.1, 0.15) is 0 Å². The van der Waals surface area contributed by atoms with Gasteiger partial charge in [0.05, 0.1) is 11.4 Å². The highest BCUT2D eigenvalue weighted by atomic mass is 32.2. The molecule has 0 bridgehead atoms. The van der Waals surface area contributed by atoms with E-state index in [1.807, 2.05) is 55.5 Å². The third kappa shape index (κ3) is 3.56. The van der Waals surface area contributed by atoms with Crippen LogP contribution in [0, 0.1) is 6.92 Å². The average molecular weight is 344 g/mol. The molecule has 2 aromatic rings. The van der Waals surface area contributed by atoms with E-state index in [0.29, 0.717) is 5.69 Å². The molecule has 5 heteroatoms. The number of hydrogen-bond donors (Lipinski definition) is 0. The third-order valence-corrected chi connectivity index (χ3v) is 6.42. The Morgan fingerprint density at radius 3 is 2.25 bits per heavy atom. The van der Waals surface area contributed by atoms with Crippen molar-refractivity contribution in [1.82, 2.24) is 0 Å². The van der Waals surface area contributed by atoms with Crippen molar-refractivity contribution < 1.29 is 8.42 Å². The van der Waals surface area contributed by atoms with Gasteiger partial charge in [0.15, 0.2) is 0 Å². The first-order valence-electron chi connectivity index (χ1n) is 8.33. The SMILES string of the molecule is Cc1ccccc1CS(=O)(=O)N(C)c1ccc(N2CCCC2)cc1. The normalized spacial score (nSPS) is 14.8. The van der Waals surface area contributed by atoms with E-state index >= 15 is 0 Å². The predicted molar refractivity (Wildman–Crippen MR) is 100 cm³/mol. The van der Waals surface area contributed by atoms with Crippen LogP contribution in [0.4, 0.5) is 11.4 Å². The molecule has 0 atom stereocenters. The van der Waals surface area contributed by atoms with Crippen LogP contribution < -0.4 is 9.21 Å². The summed E-state index contributed by atoms with van der Waals surface area (Å²) >= 11 is 0. The van der Waals surface area contributed by atoms with Crippen LogP contribution in [-0.4, -0.2) is 28.6 Å². The van der Waals surface area contributed by atoms with Crippen molar-refractivity contribution in [3.05, 3.63) is 59.7 Å². The van der Waals surface area contributed by atoms with E-state index in [9.17, 15) is 8.42 Å². The Morgan fingerprint density at radius 2 is 1.62 bits per heavy atom. The average Bonchev–Trinajstić information content (AvgIpc) is 3.11. The van der Waals surface area contributed by atoms with E-state index in [-0.39, 0.29) is 5.75 Å². The fourth-order valence-corrected chi connectivity index (χ4v) is 4.43. The van der Waals surface area contributed by atoms with Crippen LogP contribution in [0.3, 0.4) is 0 Å². The lowest BCUT2D eigenvalue weighted by Gasteiger charge is -2.22. The largest absolute Gasteiger partial charge is 0.372 e. The van der Waals surface area contributed by atoms with Crippen molar-refractivity contribution in [2.45, 2.75) is 25.5 Å². The maximum atomic E-state index is 12.7. The number of nitrogens with zero attached hydrogens (tertiary/aromatic N) is 2. The first-order valence-corrected chi connectivity index (χ1v) is 9.94. The second-order valence-corrected chi connectivity index (χ2v) is 8.36. The molecule has 1 aliphatic rings. The van der Waals surface area contributed by atoms with E-state index in [2.05, 4.69) is 4.90 Å². The molecule has 0 N–H and O–H groups in total. The van der Waals surface area contributed by atoms with E-state index in [0.717, 1.165) is 24.2 Å². The number of sulfonamides is 1. The molecule has 0 amide bonds. The molecule has 1 heterocycles. The van der Waals surface area contributed by atoms with Gasteiger partial charge in [-0.1, -0.05) is 24.3 Å². The number of hydrogen-bond acceptors (Lipinski definition) is 3. The van der Waals surface area contributed by atoms with Gasteiger partial charge in [0, 0.05) is 25.8 Å². The van der Waals surface area contributed by atoms with Gasteiger partial charge in [-0.25, -0.2) is 8.42 Å². The topological polar surface area (TPSA) is 40.6 Å². The maximum absolute atomic E-state index is 12.7. The lowest BCUT2D eigenvalue weighted by atomic mass is 10.1. The summed E-state index contributed by atoms with van der Waals surface area (Å²) in [7, 11) is -1.78. The number of anilines is 2. The molecule has 4 nitrogen and oxygen atoms in total. The number of rotatable bonds is 5. The summed E-state index contributed by atoms with van der Waals surface area (Å²) in [6.45, 7) is 4.11. The molecule has 24 heavy (non-hydrogen) atoms. The molecule has 128 valence electrons. The second-order valence-electron chi connectivity index (χ2n) is 6.36. The van der Waals surface area contributed by atoms with E-state index in [1.165, 1.54) is 22.8 Å². The van der Waals surface area contributed by atoms with Crippen molar-refractivity contribution in [2.75, 3.05) is 29.3 Å². The van der Waals surface area contributed by atoms with Crippen LogP contribution in [-0.2, 0) is 15.8 Å². The van der Waals surface area contributed by atoms with Gasteiger partial charge in [0.25, 0.3) is 0 Å². The molecule has 1 fully saturated rings. The molecule has 0 saturated carbocycles. The van der Waals surface area contributed by atoms with Gasteiger partial charge in [-0.15, -0.1) is 0 Å². The second kappa shape index (κ2) is 6.85. The Labute approximate surface area is 144 Å². The van der Waals surface area contributed by atoms with Gasteiger partial charge < -0.3 is 4.90 Å². The molecule has 0 aromatic heterocycles. The summed E-state index contributed by atoms with van der Waals surface area (Å²) in [5, 5.41) is 0. The lowest BCUT2D eigenvalue weighted by Crippen LogP contribution is -2.28. The Kier molecular flexibility index (Phi) is 4.81. The Balaban J connectivity index is 1.77. The van der Waals surface area contributed by atoms with Crippen molar-refractivity contribution >= 4 is 21.4 Å². The molecular formula is C19H24N2O2S. The Morgan fingerprint density at radius 1 is 1.00 bits per heavy atom. The number of aryl methyl sites for hydroxylation is 1. The fourth-order valence-electron chi connectivity index (χ4n) is 3.07. The summed E-state index contributed by atoms with van der Waals surface area (Å²) in [5.41, 5.74) is 3.71. The highest BCUT2D eigenvalue weighted by Crippen LogP contribution is 2.25. The maximum Gasteiger partial charge on any atom is 0.239 e. The lowest BCUT2D eigenvalue weighted by molar-refractivity contribution is 0.593. The van der Waals surface area contributed by atoms with Crippen LogP contribution in [0.25, 0.3) is 0 Å². The molecular weight excluding hydrogens is 320 g/mol. The molecule has 1 saturated heterocycles. The van der Waals surface area contributed by atoms with Gasteiger partial charge in [-0.05, 0) is 55.2 Å². The Hall–Kier alpha value is -2.01. The monoisotopic (exact) mass is 344 g/mol. The van der Waals surface area contributed by atoms with Gasteiger partial charge in [0.2, 0.25) is 10.0 Å². The van der Waals surface area contributed by atoms with E-state index < -0.39 is 10.0 Å². The molecule has 1 aliphatic heterocycles. The number of benzene rings is 2. The summed E-state index contributed by atoms with van der Waals surface area (Å²) < 4.78 is 26.8. The minimum atomic E-state index is -3.40. The third-order valence-electron chi connectivity index (χ3n) is 4.70. The zero-order chi connectivity index (χ0) is 17.2. The van der Waals surface area contributed by atoms with Crippen molar-refractivity contribution in [3.63, 3.8) is 0 Å². The van der Waals surface area contributed by atoms with E-state index in [4.69, 9.17) is 0 Å². The van der Waals surface area contributed by atoms with Crippen LogP contribution in [0.15, 0.2) is 48.5 Å². The predicted octanol–water partition coefficient (Wildman–Crippen LogP) is 3.56. The fraction of sp³-hybridized carbons (Fsp3) is 0.368. The molecule has 0 radical (unpaired) electrons. The van der Waals surface area contributed by atoms with Crippen LogP contribution in [0.5, 0.6) is 0 Å². The van der Waals surface area contributed by atoms with Gasteiger partial charge in [-0.2, -0.15) is 0 Å². The molecule has 2 aromatic carbocycles. The van der Waals surface area contributed by atoms with Crippen molar-refractivity contribution in [2.24, 2.45) is 0 Å². The minimum absolute atomic E-state index is 0.0179. The Bertz CT molecular complexity index is 794.